The third kappa shape index (κ3) is 3.71. The number of piperidine rings is 1. The van der Waals surface area contributed by atoms with Crippen molar-refractivity contribution in [2.45, 2.75) is 45.7 Å². The molecular formula is C13H24N2O3. The number of carboxylic acid groups (broad SMARTS) is 1. The number of hydrogen-bond donors (Lipinski definition) is 2. The van der Waals surface area contributed by atoms with Crippen LogP contribution in [0, 0.1) is 5.41 Å². The minimum absolute atomic E-state index is 0.0230. The molecule has 1 aliphatic heterocycles. The fourth-order valence-corrected chi connectivity index (χ4v) is 2.62. The van der Waals surface area contributed by atoms with Crippen LogP contribution in [0.25, 0.3) is 0 Å². The maximum atomic E-state index is 11.3. The standard InChI is InChI=1S/C13H24N2O3/c1-5-9-18-14-10-7-6-8-15(12(16)17)11(10)13(2,3)4/h5,10-11,14H,1,6-9H2,2-4H3,(H,16,17). The van der Waals surface area contributed by atoms with Crippen LogP contribution in [0.1, 0.15) is 33.6 Å². The van der Waals surface area contributed by atoms with Gasteiger partial charge in [-0.25, -0.2) is 4.79 Å². The van der Waals surface area contributed by atoms with E-state index in [0.717, 1.165) is 12.8 Å². The molecule has 1 fully saturated rings. The molecule has 0 saturated carbocycles. The number of carbonyl (C=O) groups is 1. The molecule has 0 aromatic rings. The topological polar surface area (TPSA) is 61.8 Å². The predicted molar refractivity (Wildman–Crippen MR) is 70.3 cm³/mol. The Morgan fingerprint density at radius 1 is 1.61 bits per heavy atom. The van der Waals surface area contributed by atoms with Crippen molar-refractivity contribution in [1.29, 1.82) is 0 Å². The van der Waals surface area contributed by atoms with Crippen LogP contribution in [0.3, 0.4) is 0 Å². The molecule has 0 bridgehead atoms. The highest BCUT2D eigenvalue weighted by Gasteiger charge is 2.41. The highest BCUT2D eigenvalue weighted by atomic mass is 16.6. The van der Waals surface area contributed by atoms with Crippen LogP contribution in [0.4, 0.5) is 4.79 Å². The van der Waals surface area contributed by atoms with Crippen molar-refractivity contribution in [3.8, 4) is 0 Å². The van der Waals surface area contributed by atoms with Gasteiger partial charge in [-0.3, -0.25) is 4.84 Å². The molecule has 2 atom stereocenters. The van der Waals surface area contributed by atoms with Crippen LogP contribution in [0.5, 0.6) is 0 Å². The van der Waals surface area contributed by atoms with Crippen molar-refractivity contribution in [2.75, 3.05) is 13.2 Å². The van der Waals surface area contributed by atoms with Gasteiger partial charge in [-0.2, -0.15) is 5.48 Å². The largest absolute Gasteiger partial charge is 0.465 e. The second kappa shape index (κ2) is 6.20. The third-order valence-electron chi connectivity index (χ3n) is 3.20. The van der Waals surface area contributed by atoms with E-state index in [1.54, 1.807) is 6.08 Å². The molecule has 5 nitrogen and oxygen atoms in total. The zero-order valence-electron chi connectivity index (χ0n) is 11.5. The molecule has 5 heteroatoms. The van der Waals surface area contributed by atoms with Crippen molar-refractivity contribution in [2.24, 2.45) is 5.41 Å². The minimum atomic E-state index is -0.856. The number of likely N-dealkylation sites (tertiary alicyclic amines) is 1. The monoisotopic (exact) mass is 256 g/mol. The minimum Gasteiger partial charge on any atom is -0.465 e. The lowest BCUT2D eigenvalue weighted by molar-refractivity contribution is -0.0374. The van der Waals surface area contributed by atoms with Crippen molar-refractivity contribution in [1.82, 2.24) is 10.4 Å². The number of nitrogens with one attached hydrogen (secondary N) is 1. The highest BCUT2D eigenvalue weighted by Crippen LogP contribution is 2.32. The average Bonchev–Trinajstić information content (AvgIpc) is 2.27. The lowest BCUT2D eigenvalue weighted by Crippen LogP contribution is -2.60. The lowest BCUT2D eigenvalue weighted by Gasteiger charge is -2.46. The Morgan fingerprint density at radius 3 is 2.78 bits per heavy atom. The van der Waals surface area contributed by atoms with E-state index in [1.807, 2.05) is 0 Å². The number of hydrogen-bond acceptors (Lipinski definition) is 3. The molecule has 104 valence electrons. The van der Waals surface area contributed by atoms with Crippen LogP contribution in [0.2, 0.25) is 0 Å². The van der Waals surface area contributed by atoms with Crippen molar-refractivity contribution >= 4 is 6.09 Å². The summed E-state index contributed by atoms with van der Waals surface area (Å²) < 4.78 is 0. The maximum absolute atomic E-state index is 11.3. The van der Waals surface area contributed by atoms with Gasteiger partial charge in [0.2, 0.25) is 0 Å². The van der Waals surface area contributed by atoms with Gasteiger partial charge in [-0.1, -0.05) is 26.8 Å². The van der Waals surface area contributed by atoms with Crippen LogP contribution in [-0.2, 0) is 4.84 Å². The summed E-state index contributed by atoms with van der Waals surface area (Å²) in [6, 6.07) is -0.0663. The van der Waals surface area contributed by atoms with Gasteiger partial charge in [0.25, 0.3) is 0 Å². The van der Waals surface area contributed by atoms with Gasteiger partial charge in [-0.05, 0) is 18.3 Å². The van der Waals surface area contributed by atoms with Gasteiger partial charge in [0.05, 0.1) is 18.7 Å². The second-order valence-corrected chi connectivity index (χ2v) is 5.75. The first kappa shape index (κ1) is 15.0. The Hall–Kier alpha value is -1.07. The Labute approximate surface area is 109 Å². The molecule has 1 aliphatic rings. The molecular weight excluding hydrogens is 232 g/mol. The smallest absolute Gasteiger partial charge is 0.407 e. The first-order valence-corrected chi connectivity index (χ1v) is 6.35. The van der Waals surface area contributed by atoms with Crippen LogP contribution in [-0.4, -0.2) is 41.3 Å². The zero-order valence-corrected chi connectivity index (χ0v) is 11.5. The van der Waals surface area contributed by atoms with Crippen LogP contribution >= 0.6 is 0 Å². The van der Waals surface area contributed by atoms with E-state index < -0.39 is 6.09 Å². The molecule has 0 aliphatic carbocycles. The molecule has 2 unspecified atom stereocenters. The SMILES string of the molecule is C=CCONC1CCCN(C(=O)O)C1C(C)(C)C. The van der Waals surface area contributed by atoms with Gasteiger partial charge in [0, 0.05) is 6.54 Å². The van der Waals surface area contributed by atoms with Crippen molar-refractivity contribution in [3.05, 3.63) is 12.7 Å². The number of nitrogens with zero attached hydrogens (tertiary/aromatic N) is 1. The van der Waals surface area contributed by atoms with Gasteiger partial charge in [0.15, 0.2) is 0 Å². The zero-order chi connectivity index (χ0) is 13.8. The Kier molecular flexibility index (Phi) is 5.16. The summed E-state index contributed by atoms with van der Waals surface area (Å²) in [5, 5.41) is 9.30. The molecule has 1 heterocycles. The van der Waals surface area contributed by atoms with E-state index in [4.69, 9.17) is 4.84 Å². The summed E-state index contributed by atoms with van der Waals surface area (Å²) in [7, 11) is 0. The fraction of sp³-hybridized carbons (Fsp3) is 0.769. The average molecular weight is 256 g/mol. The third-order valence-corrected chi connectivity index (χ3v) is 3.20. The van der Waals surface area contributed by atoms with E-state index in [9.17, 15) is 9.90 Å². The van der Waals surface area contributed by atoms with Gasteiger partial charge in [0.1, 0.15) is 0 Å². The molecule has 1 amide bonds. The molecule has 0 spiro atoms. The molecule has 0 radical (unpaired) electrons. The summed E-state index contributed by atoms with van der Waals surface area (Å²) in [6.07, 6.45) is 2.58. The predicted octanol–water partition coefficient (Wildman–Crippen LogP) is 2.25. The Balaban J connectivity index is 2.79. The molecule has 0 aromatic heterocycles. The number of hydroxylamine groups is 1. The number of amides is 1. The summed E-state index contributed by atoms with van der Waals surface area (Å²) in [6.45, 7) is 10.8. The van der Waals surface area contributed by atoms with Crippen molar-refractivity contribution in [3.63, 3.8) is 0 Å². The Bertz CT molecular complexity index is 299. The molecule has 0 aromatic carbocycles. The van der Waals surface area contributed by atoms with Crippen LogP contribution < -0.4 is 5.48 Å². The van der Waals surface area contributed by atoms with E-state index in [2.05, 4.69) is 32.8 Å². The van der Waals surface area contributed by atoms with E-state index in [-0.39, 0.29) is 17.5 Å². The summed E-state index contributed by atoms with van der Waals surface area (Å²) >= 11 is 0. The molecule has 1 saturated heterocycles. The van der Waals surface area contributed by atoms with Crippen molar-refractivity contribution < 1.29 is 14.7 Å². The van der Waals surface area contributed by atoms with Gasteiger partial charge < -0.3 is 10.0 Å². The van der Waals surface area contributed by atoms with E-state index >= 15 is 0 Å². The maximum Gasteiger partial charge on any atom is 0.407 e. The molecule has 1 rings (SSSR count). The van der Waals surface area contributed by atoms with Crippen LogP contribution in [0.15, 0.2) is 12.7 Å². The molecule has 18 heavy (non-hydrogen) atoms. The summed E-state index contributed by atoms with van der Waals surface area (Å²) in [5.41, 5.74) is 2.86. The summed E-state index contributed by atoms with van der Waals surface area (Å²) in [4.78, 5) is 18.1. The normalized spacial score (nSPS) is 24.9. The van der Waals surface area contributed by atoms with E-state index in [0.29, 0.717) is 13.2 Å². The second-order valence-electron chi connectivity index (χ2n) is 5.75. The Morgan fingerprint density at radius 2 is 2.28 bits per heavy atom. The number of rotatable bonds is 4. The summed E-state index contributed by atoms with van der Waals surface area (Å²) in [5.74, 6) is 0. The van der Waals surface area contributed by atoms with Gasteiger partial charge in [-0.15, -0.1) is 6.58 Å². The first-order valence-electron chi connectivity index (χ1n) is 6.35. The molecule has 2 N–H and O–H groups in total. The first-order chi connectivity index (χ1) is 8.38. The van der Waals surface area contributed by atoms with E-state index in [1.165, 1.54) is 4.90 Å². The fourth-order valence-electron chi connectivity index (χ4n) is 2.62. The highest BCUT2D eigenvalue weighted by molar-refractivity contribution is 5.65. The van der Waals surface area contributed by atoms with Gasteiger partial charge >= 0.3 is 6.09 Å². The lowest BCUT2D eigenvalue weighted by atomic mass is 9.78. The quantitative estimate of drug-likeness (QED) is 0.460.